The summed E-state index contributed by atoms with van der Waals surface area (Å²) < 4.78 is 0. The van der Waals surface area contributed by atoms with Gasteiger partial charge in [-0.3, -0.25) is 4.79 Å². The van der Waals surface area contributed by atoms with Gasteiger partial charge in [0.2, 0.25) is 0 Å². The molecule has 0 radical (unpaired) electrons. The van der Waals surface area contributed by atoms with Crippen LogP contribution in [-0.2, 0) is 4.79 Å². The van der Waals surface area contributed by atoms with Gasteiger partial charge in [-0.2, -0.15) is 0 Å². The zero-order valence-electron chi connectivity index (χ0n) is 9.94. The van der Waals surface area contributed by atoms with Crippen molar-refractivity contribution in [3.8, 4) is 0 Å². The highest BCUT2D eigenvalue weighted by Crippen LogP contribution is 2.23. The van der Waals surface area contributed by atoms with Gasteiger partial charge < -0.3 is 0 Å². The maximum atomic E-state index is 12.2. The van der Waals surface area contributed by atoms with Crippen molar-refractivity contribution in [1.29, 1.82) is 0 Å². The van der Waals surface area contributed by atoms with Crippen molar-refractivity contribution in [1.82, 2.24) is 0 Å². The summed E-state index contributed by atoms with van der Waals surface area (Å²) in [5, 5.41) is 0. The first-order valence-electron chi connectivity index (χ1n) is 5.94. The Balaban J connectivity index is 2.05. The van der Waals surface area contributed by atoms with E-state index < -0.39 is 0 Å². The summed E-state index contributed by atoms with van der Waals surface area (Å²) in [5.41, 5.74) is 2.14. The third kappa shape index (κ3) is 2.41. The number of hydrogen-bond acceptors (Lipinski definition) is 1. The molecular weight excluding hydrogens is 196 g/mol. The zero-order chi connectivity index (χ0) is 11.5. The molecule has 1 unspecified atom stereocenters. The molecule has 0 spiro atoms. The second-order valence-corrected chi connectivity index (χ2v) is 4.75. The minimum absolute atomic E-state index is 0.0491. The van der Waals surface area contributed by atoms with Gasteiger partial charge in [0.05, 0.1) is 0 Å². The molecule has 0 aromatic carbocycles. The Morgan fingerprint density at radius 3 is 2.56 bits per heavy atom. The average molecular weight is 214 g/mol. The van der Waals surface area contributed by atoms with Crippen molar-refractivity contribution >= 4 is 5.78 Å². The van der Waals surface area contributed by atoms with Gasteiger partial charge in [-0.25, -0.2) is 0 Å². The molecule has 0 amide bonds. The average Bonchev–Trinajstić information content (AvgIpc) is 2.30. The van der Waals surface area contributed by atoms with Crippen molar-refractivity contribution in [2.24, 2.45) is 11.8 Å². The maximum Gasteiger partial charge on any atom is 0.169 e. The standard InChI is InChI=1S/C15H18O/c1-11-3-7-13(8-4-11)15(16)14-9-5-12(2)6-10-14/h3-5,7,9-10,12-13H,6,8H2,1-2H3/t12-,13?/m0/s1. The fourth-order valence-corrected chi connectivity index (χ4v) is 2.05. The summed E-state index contributed by atoms with van der Waals surface area (Å²) in [5.74, 6) is 0.886. The first kappa shape index (κ1) is 11.1. The molecule has 1 nitrogen and oxygen atoms in total. The molecule has 0 bridgehead atoms. The van der Waals surface area contributed by atoms with Gasteiger partial charge in [0, 0.05) is 11.5 Å². The monoisotopic (exact) mass is 214 g/mol. The van der Waals surface area contributed by atoms with Crippen LogP contribution in [-0.4, -0.2) is 5.78 Å². The Morgan fingerprint density at radius 1 is 1.19 bits per heavy atom. The quantitative estimate of drug-likeness (QED) is 0.686. The van der Waals surface area contributed by atoms with Crippen LogP contribution in [0.2, 0.25) is 0 Å². The second kappa shape index (κ2) is 4.65. The number of Topliss-reactive ketones (excluding diaryl/α,β-unsaturated/α-hetero) is 1. The molecule has 0 aromatic rings. The van der Waals surface area contributed by atoms with E-state index in [0.29, 0.717) is 5.92 Å². The summed E-state index contributed by atoms with van der Waals surface area (Å²) in [4.78, 5) is 12.2. The van der Waals surface area contributed by atoms with Crippen LogP contribution in [0.25, 0.3) is 0 Å². The predicted molar refractivity (Wildman–Crippen MR) is 67.0 cm³/mol. The van der Waals surface area contributed by atoms with Crippen LogP contribution in [0.15, 0.2) is 47.6 Å². The third-order valence-electron chi connectivity index (χ3n) is 3.22. The lowest BCUT2D eigenvalue weighted by molar-refractivity contribution is -0.117. The largest absolute Gasteiger partial charge is 0.294 e. The van der Waals surface area contributed by atoms with Crippen LogP contribution in [0, 0.1) is 11.8 Å². The van der Waals surface area contributed by atoms with Crippen molar-refractivity contribution in [3.05, 3.63) is 47.6 Å². The van der Waals surface area contributed by atoms with E-state index in [1.54, 1.807) is 0 Å². The van der Waals surface area contributed by atoms with Crippen LogP contribution in [0.4, 0.5) is 0 Å². The van der Waals surface area contributed by atoms with E-state index >= 15 is 0 Å². The fourth-order valence-electron chi connectivity index (χ4n) is 2.05. The lowest BCUT2D eigenvalue weighted by Gasteiger charge is -2.17. The van der Waals surface area contributed by atoms with Crippen LogP contribution in [0.5, 0.6) is 0 Å². The highest BCUT2D eigenvalue weighted by molar-refractivity contribution is 6.01. The molecule has 0 heterocycles. The molecule has 0 aliphatic heterocycles. The number of rotatable bonds is 2. The Labute approximate surface area is 97.2 Å². The lowest BCUT2D eigenvalue weighted by atomic mass is 9.87. The van der Waals surface area contributed by atoms with Gasteiger partial charge >= 0.3 is 0 Å². The SMILES string of the molecule is CC1=CCC(C(=O)C2=CC[C@@H](C)C=C2)C=C1. The Kier molecular flexibility index (Phi) is 3.23. The Bertz CT molecular complexity index is 407. The molecule has 84 valence electrons. The third-order valence-corrected chi connectivity index (χ3v) is 3.22. The summed E-state index contributed by atoms with van der Waals surface area (Å²) >= 11 is 0. The van der Waals surface area contributed by atoms with Gasteiger partial charge in [-0.05, 0) is 25.7 Å². The zero-order valence-corrected chi connectivity index (χ0v) is 9.94. The first-order valence-corrected chi connectivity index (χ1v) is 5.94. The molecular formula is C15H18O. The van der Waals surface area contributed by atoms with E-state index in [2.05, 4.69) is 32.1 Å². The molecule has 16 heavy (non-hydrogen) atoms. The van der Waals surface area contributed by atoms with Crippen LogP contribution in [0.3, 0.4) is 0 Å². The number of ketones is 1. The summed E-state index contributed by atoms with van der Waals surface area (Å²) in [6, 6.07) is 0. The van der Waals surface area contributed by atoms with Gasteiger partial charge in [0.1, 0.15) is 0 Å². The predicted octanol–water partition coefficient (Wildman–Crippen LogP) is 3.60. The van der Waals surface area contributed by atoms with Gasteiger partial charge in [0.25, 0.3) is 0 Å². The van der Waals surface area contributed by atoms with Crippen molar-refractivity contribution in [3.63, 3.8) is 0 Å². The Hall–Kier alpha value is -1.37. The number of allylic oxidation sites excluding steroid dienone is 8. The van der Waals surface area contributed by atoms with Gasteiger partial charge in [-0.1, -0.05) is 49.0 Å². The Morgan fingerprint density at radius 2 is 2.00 bits per heavy atom. The molecule has 0 fully saturated rings. The maximum absolute atomic E-state index is 12.2. The van der Waals surface area contributed by atoms with Crippen molar-refractivity contribution in [2.75, 3.05) is 0 Å². The molecule has 0 N–H and O–H groups in total. The minimum atomic E-state index is 0.0491. The van der Waals surface area contributed by atoms with Crippen molar-refractivity contribution in [2.45, 2.75) is 26.7 Å². The lowest BCUT2D eigenvalue weighted by Crippen LogP contribution is -2.16. The highest BCUT2D eigenvalue weighted by atomic mass is 16.1. The van der Waals surface area contributed by atoms with Crippen molar-refractivity contribution < 1.29 is 4.79 Å². The number of carbonyl (C=O) groups is 1. The minimum Gasteiger partial charge on any atom is -0.294 e. The van der Waals surface area contributed by atoms with E-state index in [9.17, 15) is 4.79 Å². The molecule has 2 aliphatic rings. The molecule has 2 atom stereocenters. The topological polar surface area (TPSA) is 17.1 Å². The van der Waals surface area contributed by atoms with Gasteiger partial charge in [0.15, 0.2) is 5.78 Å². The molecule has 1 heteroatoms. The molecule has 2 rings (SSSR count). The van der Waals surface area contributed by atoms with Crippen LogP contribution in [0.1, 0.15) is 26.7 Å². The van der Waals surface area contributed by atoms with E-state index in [0.717, 1.165) is 18.4 Å². The number of hydrogen-bond donors (Lipinski definition) is 0. The van der Waals surface area contributed by atoms with Crippen LogP contribution >= 0.6 is 0 Å². The molecule has 0 saturated heterocycles. The normalized spacial score (nSPS) is 28.6. The highest BCUT2D eigenvalue weighted by Gasteiger charge is 2.20. The van der Waals surface area contributed by atoms with E-state index in [1.807, 2.05) is 18.2 Å². The fraction of sp³-hybridized carbons (Fsp3) is 0.400. The molecule has 0 saturated carbocycles. The molecule has 0 aromatic heterocycles. The van der Waals surface area contributed by atoms with E-state index in [4.69, 9.17) is 0 Å². The van der Waals surface area contributed by atoms with Crippen LogP contribution < -0.4 is 0 Å². The number of carbonyl (C=O) groups excluding carboxylic acids is 1. The smallest absolute Gasteiger partial charge is 0.169 e. The summed E-state index contributed by atoms with van der Waals surface area (Å²) in [7, 11) is 0. The van der Waals surface area contributed by atoms with E-state index in [1.165, 1.54) is 5.57 Å². The first-order chi connectivity index (χ1) is 7.66. The molecule has 2 aliphatic carbocycles. The summed E-state index contributed by atoms with van der Waals surface area (Å²) in [6.07, 6.45) is 14.2. The van der Waals surface area contributed by atoms with E-state index in [-0.39, 0.29) is 11.7 Å². The summed E-state index contributed by atoms with van der Waals surface area (Å²) in [6.45, 7) is 4.24. The van der Waals surface area contributed by atoms with Gasteiger partial charge in [-0.15, -0.1) is 0 Å². The second-order valence-electron chi connectivity index (χ2n) is 4.75.